The number of rotatable bonds is 0. The number of hydrogen-bond acceptors (Lipinski definition) is 1. The smallest absolute Gasteiger partial charge is 0.103 e. The minimum atomic E-state index is -0.291. The van der Waals surface area contributed by atoms with Crippen molar-refractivity contribution in [1.82, 2.24) is 0 Å². The van der Waals surface area contributed by atoms with Crippen LogP contribution in [0, 0.1) is 0 Å². The zero-order chi connectivity index (χ0) is 21.3. The summed E-state index contributed by atoms with van der Waals surface area (Å²) in [6, 6.07) is 25.5. The van der Waals surface area contributed by atoms with Crippen LogP contribution >= 0.6 is 66.4 Å². The molecular weight excluding hydrogens is 655 g/mol. The second-order valence-corrected chi connectivity index (χ2v) is 23.7. The summed E-state index contributed by atoms with van der Waals surface area (Å²) in [6.07, 6.45) is 1.62. The molecule has 154 valence electrons. The van der Waals surface area contributed by atoms with Crippen molar-refractivity contribution in [2.24, 2.45) is 0 Å². The summed E-state index contributed by atoms with van der Waals surface area (Å²) in [5.74, 6) is 0. The first kappa shape index (κ1) is 22.9. The average molecular weight is 674 g/mol. The van der Waals surface area contributed by atoms with Crippen molar-refractivity contribution in [2.45, 2.75) is 23.8 Å². The predicted molar refractivity (Wildman–Crippen MR) is 146 cm³/mol. The molecule has 6 rings (SSSR count). The highest BCUT2D eigenvalue weighted by Crippen LogP contribution is 2.59. The second kappa shape index (κ2) is 10.1. The molecular formula is C24H19Br4OP. The lowest BCUT2D eigenvalue weighted by Crippen LogP contribution is -1.91. The van der Waals surface area contributed by atoms with E-state index < -0.39 is 0 Å². The minimum absolute atomic E-state index is 0.183. The van der Waals surface area contributed by atoms with Crippen LogP contribution in [0.4, 0.5) is 0 Å². The lowest BCUT2D eigenvalue weighted by atomic mass is 10.1. The highest BCUT2D eigenvalue weighted by molar-refractivity contribution is 9.93. The SMILES string of the molecule is BrC1Cc2cccc3cccc1c23.BrP(Br)Br.OC1Cc2cccc3cccc1c23. The normalized spacial score (nSPS) is 18.2. The Morgan fingerprint density at radius 2 is 1.10 bits per heavy atom. The van der Waals surface area contributed by atoms with Crippen LogP contribution in [0.2, 0.25) is 0 Å². The molecule has 30 heavy (non-hydrogen) atoms. The number of benzene rings is 4. The van der Waals surface area contributed by atoms with E-state index in [-0.39, 0.29) is 10.1 Å². The van der Waals surface area contributed by atoms with Gasteiger partial charge in [-0.25, -0.2) is 0 Å². The zero-order valence-corrected chi connectivity index (χ0v) is 23.1. The lowest BCUT2D eigenvalue weighted by Gasteiger charge is -2.02. The van der Waals surface area contributed by atoms with Crippen LogP contribution in [0.5, 0.6) is 0 Å². The van der Waals surface area contributed by atoms with Gasteiger partial charge in [-0.1, -0.05) is 88.7 Å². The molecule has 2 aliphatic carbocycles. The molecule has 0 heterocycles. The first-order valence-corrected chi connectivity index (χ1v) is 17.9. The quantitative estimate of drug-likeness (QED) is 0.146. The molecule has 0 radical (unpaired) electrons. The maximum absolute atomic E-state index is 9.77. The Morgan fingerprint density at radius 1 is 0.667 bits per heavy atom. The minimum Gasteiger partial charge on any atom is -0.388 e. The Morgan fingerprint density at radius 3 is 1.67 bits per heavy atom. The van der Waals surface area contributed by atoms with Crippen LogP contribution in [-0.2, 0) is 12.8 Å². The van der Waals surface area contributed by atoms with Crippen LogP contribution in [0.25, 0.3) is 21.5 Å². The van der Waals surface area contributed by atoms with E-state index in [0.717, 1.165) is 18.4 Å². The van der Waals surface area contributed by atoms with Gasteiger partial charge >= 0.3 is 0 Å². The van der Waals surface area contributed by atoms with Gasteiger partial charge in [-0.15, -0.1) is 0 Å². The van der Waals surface area contributed by atoms with E-state index in [1.165, 1.54) is 38.2 Å². The molecule has 0 spiro atoms. The highest BCUT2D eigenvalue weighted by Gasteiger charge is 2.22. The van der Waals surface area contributed by atoms with Gasteiger partial charge in [0.05, 0.1) is 6.10 Å². The first-order chi connectivity index (χ1) is 14.5. The summed E-state index contributed by atoms with van der Waals surface area (Å²) in [5.41, 5.74) is 5.30. The summed E-state index contributed by atoms with van der Waals surface area (Å²) in [6.45, 7) is 0. The van der Waals surface area contributed by atoms with Gasteiger partial charge in [0.25, 0.3) is 0 Å². The third-order valence-corrected chi connectivity index (χ3v) is 6.37. The van der Waals surface area contributed by atoms with Crippen LogP contribution in [0.1, 0.15) is 33.2 Å². The van der Waals surface area contributed by atoms with Gasteiger partial charge in [-0.3, -0.25) is 0 Å². The molecule has 2 aliphatic rings. The number of hydrogen-bond donors (Lipinski definition) is 1. The molecule has 0 aromatic heterocycles. The van der Waals surface area contributed by atoms with E-state index in [4.69, 9.17) is 0 Å². The highest BCUT2D eigenvalue weighted by atomic mass is 80.0. The number of halogens is 4. The van der Waals surface area contributed by atoms with Crippen LogP contribution in [0.15, 0.2) is 72.8 Å². The molecule has 0 bridgehead atoms. The summed E-state index contributed by atoms with van der Waals surface area (Å²) < 4.78 is -0.183. The van der Waals surface area contributed by atoms with E-state index in [2.05, 4.69) is 123 Å². The van der Waals surface area contributed by atoms with Crippen LogP contribution in [-0.4, -0.2) is 5.11 Å². The van der Waals surface area contributed by atoms with Gasteiger partial charge < -0.3 is 5.11 Å². The summed E-state index contributed by atoms with van der Waals surface area (Å²) in [4.78, 5) is 0.522. The molecule has 0 saturated carbocycles. The monoisotopic (exact) mass is 670 g/mol. The molecule has 0 amide bonds. The summed E-state index contributed by atoms with van der Waals surface area (Å²) in [7, 11) is 0. The van der Waals surface area contributed by atoms with E-state index >= 15 is 0 Å². The van der Waals surface area contributed by atoms with Gasteiger partial charge in [0.1, 0.15) is 4.03 Å². The third-order valence-electron chi connectivity index (χ3n) is 5.56. The van der Waals surface area contributed by atoms with Crippen molar-refractivity contribution in [3.8, 4) is 0 Å². The summed E-state index contributed by atoms with van der Waals surface area (Å²) >= 11 is 13.2. The van der Waals surface area contributed by atoms with E-state index in [9.17, 15) is 5.11 Å². The fourth-order valence-electron chi connectivity index (χ4n) is 4.40. The molecule has 4 aromatic rings. The van der Waals surface area contributed by atoms with Crippen LogP contribution < -0.4 is 0 Å². The Hall–Kier alpha value is -0.290. The van der Waals surface area contributed by atoms with Crippen molar-refractivity contribution in [3.05, 3.63) is 95.1 Å². The van der Waals surface area contributed by atoms with Crippen molar-refractivity contribution in [1.29, 1.82) is 0 Å². The second-order valence-electron chi connectivity index (χ2n) is 7.31. The predicted octanol–water partition coefficient (Wildman–Crippen LogP) is 9.66. The Bertz CT molecular complexity index is 1090. The number of aliphatic hydroxyl groups excluding tert-OH is 1. The van der Waals surface area contributed by atoms with Crippen LogP contribution in [0.3, 0.4) is 0 Å². The molecule has 2 atom stereocenters. The number of alkyl halides is 1. The fourth-order valence-corrected chi connectivity index (χ4v) is 5.13. The average Bonchev–Trinajstić information content (AvgIpc) is 3.23. The van der Waals surface area contributed by atoms with Gasteiger partial charge in [0.2, 0.25) is 0 Å². The topological polar surface area (TPSA) is 20.2 Å². The maximum atomic E-state index is 9.77. The van der Waals surface area contributed by atoms with Crippen molar-refractivity contribution in [3.63, 3.8) is 0 Å². The molecule has 1 nitrogen and oxygen atoms in total. The van der Waals surface area contributed by atoms with E-state index in [1.54, 1.807) is 0 Å². The molecule has 0 fully saturated rings. The van der Waals surface area contributed by atoms with E-state index in [0.29, 0.717) is 4.83 Å². The third kappa shape index (κ3) is 4.87. The van der Waals surface area contributed by atoms with Gasteiger partial charge in [0.15, 0.2) is 0 Å². The maximum Gasteiger partial charge on any atom is 0.103 e. The first-order valence-electron chi connectivity index (χ1n) is 9.56. The molecule has 6 heteroatoms. The largest absolute Gasteiger partial charge is 0.388 e. The van der Waals surface area contributed by atoms with Gasteiger partial charge in [-0.05, 0) is 96.7 Å². The lowest BCUT2D eigenvalue weighted by molar-refractivity contribution is 0.185. The molecule has 0 saturated heterocycles. The Balaban J connectivity index is 0.000000124. The van der Waals surface area contributed by atoms with Gasteiger partial charge in [0, 0.05) is 11.2 Å². The van der Waals surface area contributed by atoms with Gasteiger partial charge in [-0.2, -0.15) is 0 Å². The molecule has 0 aliphatic heterocycles. The molecule has 1 N–H and O–H groups in total. The summed E-state index contributed by atoms with van der Waals surface area (Å²) in [5, 5.41) is 15.1. The standard InChI is InChI=1S/C12H9Br.C12H10O.Br3P/c2*13-11-7-9-5-1-3-8-4-2-6-10(11)12(8)9;1-4(2)3/h1-6,11H,7H2;1-6,11,13H,7H2;. The van der Waals surface area contributed by atoms with Crippen molar-refractivity contribution >= 4 is 88.0 Å². The number of aliphatic hydroxyl groups is 1. The Labute approximate surface area is 210 Å². The van der Waals surface area contributed by atoms with Crippen molar-refractivity contribution in [2.75, 3.05) is 0 Å². The molecule has 4 aromatic carbocycles. The van der Waals surface area contributed by atoms with Crippen molar-refractivity contribution < 1.29 is 5.11 Å². The fraction of sp³-hybridized carbons (Fsp3) is 0.167. The van der Waals surface area contributed by atoms with E-state index in [1.807, 2.05) is 12.1 Å². The Kier molecular flexibility index (Phi) is 7.71. The molecule has 2 unspecified atom stereocenters. The zero-order valence-electron chi connectivity index (χ0n) is 15.9.